The van der Waals surface area contributed by atoms with Crippen molar-refractivity contribution in [1.29, 1.82) is 0 Å². The van der Waals surface area contributed by atoms with Gasteiger partial charge in [-0.05, 0) is 49.2 Å². The summed E-state index contributed by atoms with van der Waals surface area (Å²) in [5.74, 6) is 0.605. The molecule has 0 saturated heterocycles. The molecule has 3 aromatic rings. The third-order valence-electron chi connectivity index (χ3n) is 3.56. The lowest BCUT2D eigenvalue weighted by Gasteiger charge is -2.06. The summed E-state index contributed by atoms with van der Waals surface area (Å²) >= 11 is 0. The van der Waals surface area contributed by atoms with E-state index in [0.29, 0.717) is 17.9 Å². The number of aryl methyl sites for hydroxylation is 2. The normalized spacial score (nSPS) is 10.8. The largest absolute Gasteiger partial charge is 0.345 e. The average Bonchev–Trinajstić information content (AvgIpc) is 2.91. The summed E-state index contributed by atoms with van der Waals surface area (Å²) in [5, 5.41) is 11.0. The van der Waals surface area contributed by atoms with Crippen LogP contribution in [0.5, 0.6) is 0 Å². The first-order valence-electron chi connectivity index (χ1n) is 6.79. The number of pyridine rings is 1. The van der Waals surface area contributed by atoms with Crippen molar-refractivity contribution in [2.24, 2.45) is 0 Å². The molecular weight excluding hydrogens is 264 g/mol. The van der Waals surface area contributed by atoms with Crippen LogP contribution in [-0.2, 0) is 6.54 Å². The smallest absolute Gasteiger partial charge is 0.251 e. The van der Waals surface area contributed by atoms with Crippen molar-refractivity contribution in [2.75, 3.05) is 0 Å². The molecule has 2 heterocycles. The lowest BCUT2D eigenvalue weighted by atomic mass is 10.1. The quantitative estimate of drug-likeness (QED) is 0.800. The Morgan fingerprint density at radius 2 is 2.00 bits per heavy atom. The Morgan fingerprint density at radius 1 is 1.14 bits per heavy atom. The van der Waals surface area contributed by atoms with E-state index < -0.39 is 0 Å². The zero-order valence-corrected chi connectivity index (χ0v) is 12.0. The van der Waals surface area contributed by atoms with Gasteiger partial charge in [0, 0.05) is 11.8 Å². The molecular formula is C16H16N4O. The van der Waals surface area contributed by atoms with Gasteiger partial charge < -0.3 is 5.32 Å². The lowest BCUT2D eigenvalue weighted by Crippen LogP contribution is -2.24. The van der Waals surface area contributed by atoms with Crippen molar-refractivity contribution in [1.82, 2.24) is 19.9 Å². The number of nitrogens with one attached hydrogen (secondary N) is 1. The molecule has 0 saturated carbocycles. The van der Waals surface area contributed by atoms with E-state index in [0.717, 1.165) is 11.2 Å². The summed E-state index contributed by atoms with van der Waals surface area (Å²) in [4.78, 5) is 12.2. The molecule has 0 aliphatic rings. The van der Waals surface area contributed by atoms with Crippen LogP contribution in [-0.4, -0.2) is 20.5 Å². The Hall–Kier alpha value is -2.69. The Balaban J connectivity index is 1.75. The molecule has 0 spiro atoms. The molecule has 0 bridgehead atoms. The molecule has 0 atom stereocenters. The van der Waals surface area contributed by atoms with Crippen LogP contribution < -0.4 is 5.32 Å². The molecule has 1 aromatic carbocycles. The second-order valence-corrected chi connectivity index (χ2v) is 5.03. The molecule has 0 unspecified atom stereocenters. The van der Waals surface area contributed by atoms with Crippen LogP contribution >= 0.6 is 0 Å². The van der Waals surface area contributed by atoms with E-state index in [1.54, 1.807) is 0 Å². The predicted molar refractivity (Wildman–Crippen MR) is 80.1 cm³/mol. The van der Waals surface area contributed by atoms with Crippen molar-refractivity contribution in [3.63, 3.8) is 0 Å². The summed E-state index contributed by atoms with van der Waals surface area (Å²) in [6, 6.07) is 11.4. The van der Waals surface area contributed by atoms with E-state index in [9.17, 15) is 4.79 Å². The van der Waals surface area contributed by atoms with Crippen LogP contribution in [0.3, 0.4) is 0 Å². The fraction of sp³-hybridized carbons (Fsp3) is 0.188. The van der Waals surface area contributed by atoms with Gasteiger partial charge in [0.05, 0.1) is 6.54 Å². The lowest BCUT2D eigenvalue weighted by molar-refractivity contribution is 0.0949. The number of carbonyl (C=O) groups excluding carboxylic acids is 1. The van der Waals surface area contributed by atoms with E-state index in [1.165, 1.54) is 5.56 Å². The van der Waals surface area contributed by atoms with Gasteiger partial charge in [0.25, 0.3) is 5.91 Å². The van der Waals surface area contributed by atoms with Gasteiger partial charge in [0.1, 0.15) is 0 Å². The fourth-order valence-corrected chi connectivity index (χ4v) is 2.16. The number of aromatic nitrogens is 3. The molecule has 5 nitrogen and oxygen atoms in total. The highest BCUT2D eigenvalue weighted by Gasteiger charge is 2.09. The third-order valence-corrected chi connectivity index (χ3v) is 3.56. The van der Waals surface area contributed by atoms with Crippen molar-refractivity contribution in [3.05, 3.63) is 65.1 Å². The summed E-state index contributed by atoms with van der Waals surface area (Å²) in [6.45, 7) is 4.37. The van der Waals surface area contributed by atoms with Crippen LogP contribution in [0.15, 0.2) is 42.6 Å². The second-order valence-electron chi connectivity index (χ2n) is 5.03. The van der Waals surface area contributed by atoms with Crippen LogP contribution in [0, 0.1) is 13.8 Å². The first kappa shape index (κ1) is 13.3. The molecule has 0 radical (unpaired) electrons. The van der Waals surface area contributed by atoms with Gasteiger partial charge in [-0.3, -0.25) is 9.20 Å². The van der Waals surface area contributed by atoms with E-state index >= 15 is 0 Å². The van der Waals surface area contributed by atoms with Gasteiger partial charge in [-0.15, -0.1) is 10.2 Å². The standard InChI is InChI=1S/C16H16N4O/c1-11-6-7-13(9-12(11)2)16(21)17-10-15-19-18-14-5-3-4-8-20(14)15/h3-9H,10H2,1-2H3,(H,17,21). The van der Waals surface area contributed by atoms with Crippen molar-refractivity contribution < 1.29 is 4.79 Å². The van der Waals surface area contributed by atoms with Gasteiger partial charge in [-0.2, -0.15) is 0 Å². The van der Waals surface area contributed by atoms with Gasteiger partial charge in [0.15, 0.2) is 11.5 Å². The first-order chi connectivity index (χ1) is 10.1. The highest BCUT2D eigenvalue weighted by molar-refractivity contribution is 5.94. The number of rotatable bonds is 3. The number of amides is 1. The number of hydrogen-bond donors (Lipinski definition) is 1. The zero-order chi connectivity index (χ0) is 14.8. The van der Waals surface area contributed by atoms with Gasteiger partial charge in [-0.1, -0.05) is 12.1 Å². The molecule has 2 aromatic heterocycles. The van der Waals surface area contributed by atoms with Gasteiger partial charge >= 0.3 is 0 Å². The molecule has 1 N–H and O–H groups in total. The molecule has 106 valence electrons. The van der Waals surface area contributed by atoms with E-state index in [2.05, 4.69) is 15.5 Å². The fourth-order valence-electron chi connectivity index (χ4n) is 2.16. The number of carbonyl (C=O) groups is 1. The van der Waals surface area contributed by atoms with Crippen LogP contribution in [0.2, 0.25) is 0 Å². The zero-order valence-electron chi connectivity index (χ0n) is 12.0. The molecule has 1 amide bonds. The van der Waals surface area contributed by atoms with Crippen LogP contribution in [0.25, 0.3) is 5.65 Å². The first-order valence-corrected chi connectivity index (χ1v) is 6.79. The Bertz CT molecular complexity index is 807. The Labute approximate surface area is 122 Å². The summed E-state index contributed by atoms with van der Waals surface area (Å²) < 4.78 is 1.86. The van der Waals surface area contributed by atoms with E-state index in [1.807, 2.05) is 60.8 Å². The highest BCUT2D eigenvalue weighted by Crippen LogP contribution is 2.10. The van der Waals surface area contributed by atoms with Crippen molar-refractivity contribution in [2.45, 2.75) is 20.4 Å². The van der Waals surface area contributed by atoms with Crippen LogP contribution in [0.4, 0.5) is 0 Å². The molecule has 0 fully saturated rings. The van der Waals surface area contributed by atoms with Crippen LogP contribution in [0.1, 0.15) is 27.3 Å². The third kappa shape index (κ3) is 2.63. The van der Waals surface area contributed by atoms with E-state index in [4.69, 9.17) is 0 Å². The van der Waals surface area contributed by atoms with Gasteiger partial charge in [-0.25, -0.2) is 0 Å². The summed E-state index contributed by atoms with van der Waals surface area (Å²) in [7, 11) is 0. The number of hydrogen-bond acceptors (Lipinski definition) is 3. The molecule has 0 aliphatic carbocycles. The summed E-state index contributed by atoms with van der Waals surface area (Å²) in [6.07, 6.45) is 1.88. The number of benzene rings is 1. The predicted octanol–water partition coefficient (Wildman–Crippen LogP) is 2.28. The maximum Gasteiger partial charge on any atom is 0.251 e. The Morgan fingerprint density at radius 3 is 2.81 bits per heavy atom. The monoisotopic (exact) mass is 280 g/mol. The minimum Gasteiger partial charge on any atom is -0.345 e. The Kier molecular flexibility index (Phi) is 3.39. The summed E-state index contributed by atoms with van der Waals surface area (Å²) in [5.41, 5.74) is 3.71. The maximum atomic E-state index is 12.2. The van der Waals surface area contributed by atoms with Gasteiger partial charge in [0.2, 0.25) is 0 Å². The second kappa shape index (κ2) is 5.36. The van der Waals surface area contributed by atoms with E-state index in [-0.39, 0.29) is 5.91 Å². The number of nitrogens with zero attached hydrogens (tertiary/aromatic N) is 3. The molecule has 0 aliphatic heterocycles. The highest BCUT2D eigenvalue weighted by atomic mass is 16.1. The van der Waals surface area contributed by atoms with Crippen molar-refractivity contribution >= 4 is 11.6 Å². The van der Waals surface area contributed by atoms with Crippen molar-refractivity contribution in [3.8, 4) is 0 Å². The molecule has 3 rings (SSSR count). The minimum atomic E-state index is -0.106. The molecule has 5 heteroatoms. The SMILES string of the molecule is Cc1ccc(C(=O)NCc2nnc3ccccn23)cc1C. The number of fused-ring (bicyclic) bond motifs is 1. The topological polar surface area (TPSA) is 59.3 Å². The minimum absolute atomic E-state index is 0.106. The average molecular weight is 280 g/mol. The maximum absolute atomic E-state index is 12.2. The molecule has 21 heavy (non-hydrogen) atoms.